The molecule has 7 rings (SSSR count). The van der Waals surface area contributed by atoms with E-state index in [1.165, 1.54) is 49.3 Å². The molecule has 54 heavy (non-hydrogen) atoms. The lowest BCUT2D eigenvalue weighted by Gasteiger charge is -2.33. The van der Waals surface area contributed by atoms with E-state index in [1.807, 2.05) is 0 Å². The molecule has 1 unspecified atom stereocenters. The summed E-state index contributed by atoms with van der Waals surface area (Å²) in [5.74, 6) is -0.306. The topological polar surface area (TPSA) is 188 Å². The molecule has 15 heteroatoms. The van der Waals surface area contributed by atoms with Crippen LogP contribution in [-0.2, 0) is 14.4 Å². The molecule has 2 atom stereocenters. The Kier molecular flexibility index (Phi) is 11.5. The van der Waals surface area contributed by atoms with Crippen LogP contribution in [0.4, 0.5) is 5.69 Å². The molecule has 3 aromatic rings. The maximum absolute atomic E-state index is 13.3. The molecule has 0 radical (unpaired) electrons. The first-order chi connectivity index (χ1) is 26.2. The van der Waals surface area contributed by atoms with Crippen LogP contribution >= 0.6 is 0 Å². The number of piperidine rings is 2. The maximum atomic E-state index is 13.3. The number of anilines is 1. The number of nitrogens with zero attached hydrogens (tertiary/aromatic N) is 4. The highest BCUT2D eigenvalue weighted by molar-refractivity contribution is 6.25. The van der Waals surface area contributed by atoms with Crippen LogP contribution in [0.25, 0.3) is 5.69 Å². The lowest BCUT2D eigenvalue weighted by atomic mass is 9.86. The van der Waals surface area contributed by atoms with Crippen molar-refractivity contribution >= 4 is 35.2 Å². The molecule has 0 spiro atoms. The van der Waals surface area contributed by atoms with Gasteiger partial charge in [0.05, 0.1) is 16.8 Å². The van der Waals surface area contributed by atoms with Gasteiger partial charge in [-0.2, -0.15) is 4.68 Å². The van der Waals surface area contributed by atoms with E-state index in [0.29, 0.717) is 36.6 Å². The van der Waals surface area contributed by atoms with E-state index in [4.69, 9.17) is 4.74 Å². The molecule has 2 aromatic carbocycles. The number of hydrogen-bond acceptors (Lipinski definition) is 10. The third-order valence-electron chi connectivity index (χ3n) is 11.0. The molecule has 1 saturated carbocycles. The summed E-state index contributed by atoms with van der Waals surface area (Å²) in [6.45, 7) is 3.66. The van der Waals surface area contributed by atoms with E-state index in [9.17, 15) is 28.8 Å². The van der Waals surface area contributed by atoms with Crippen LogP contribution in [0.5, 0.6) is 5.75 Å². The maximum Gasteiger partial charge on any atom is 0.348 e. The fourth-order valence-corrected chi connectivity index (χ4v) is 8.11. The Morgan fingerprint density at radius 3 is 2.52 bits per heavy atom. The zero-order valence-electron chi connectivity index (χ0n) is 30.4. The number of H-pyrrole nitrogens is 1. The number of aromatic nitrogens is 3. The zero-order valence-corrected chi connectivity index (χ0v) is 30.4. The number of amides is 5. The SMILES string of the molecule is O=C(COc1ccc(-n2nc([C@H]3CCCN(CCC4CCCCC4)C3)[nH]c2=O)cc1)NCCCNc1cccc2c1C(=O)N(C1CCC(=O)NC1=O)C2=O. The molecule has 1 aromatic heterocycles. The molecule has 1 aliphatic carbocycles. The van der Waals surface area contributed by atoms with E-state index >= 15 is 0 Å². The Morgan fingerprint density at radius 1 is 0.907 bits per heavy atom. The van der Waals surface area contributed by atoms with E-state index in [1.54, 1.807) is 36.4 Å². The highest BCUT2D eigenvalue weighted by atomic mass is 16.5. The summed E-state index contributed by atoms with van der Waals surface area (Å²) in [6, 6.07) is 10.7. The second-order valence-electron chi connectivity index (χ2n) is 14.7. The van der Waals surface area contributed by atoms with Crippen LogP contribution in [0.2, 0.25) is 0 Å². The minimum Gasteiger partial charge on any atom is -0.484 e. The zero-order chi connectivity index (χ0) is 37.6. The van der Waals surface area contributed by atoms with Crippen LogP contribution in [0.1, 0.15) is 103 Å². The van der Waals surface area contributed by atoms with Gasteiger partial charge in [0.25, 0.3) is 17.7 Å². The Bertz CT molecular complexity index is 1930. The smallest absolute Gasteiger partial charge is 0.348 e. The fourth-order valence-electron chi connectivity index (χ4n) is 8.11. The van der Waals surface area contributed by atoms with Gasteiger partial charge in [-0.1, -0.05) is 38.2 Å². The summed E-state index contributed by atoms with van der Waals surface area (Å²) in [5.41, 5.74) is 1.16. The molecule has 2 saturated heterocycles. The molecule has 3 fully saturated rings. The van der Waals surface area contributed by atoms with Crippen LogP contribution in [-0.4, -0.2) is 99.5 Å². The van der Waals surface area contributed by atoms with Gasteiger partial charge in [-0.15, -0.1) is 5.10 Å². The standard InChI is InChI=1S/C39H48N8O7/c48-32-17-16-31(36(50)42-32)46-37(51)29-10-4-11-30(34(29)38(46)52)40-19-6-20-41-33(49)24-54-28-14-12-27(13-15-28)47-39(53)43-35(44-47)26-9-5-21-45(23-26)22-18-25-7-2-1-3-8-25/h4,10-15,25-26,31,40H,1-3,5-9,16-24H2,(H,41,49)(H,42,48,50)(H,43,44,53)/t26-,31?/m0/s1. The number of imide groups is 2. The summed E-state index contributed by atoms with van der Waals surface area (Å²) >= 11 is 0. The van der Waals surface area contributed by atoms with Crippen LogP contribution in [0.15, 0.2) is 47.3 Å². The van der Waals surface area contributed by atoms with Gasteiger partial charge < -0.3 is 20.3 Å². The van der Waals surface area contributed by atoms with Crippen molar-refractivity contribution in [2.24, 2.45) is 5.92 Å². The van der Waals surface area contributed by atoms with Gasteiger partial charge in [0, 0.05) is 37.7 Å². The predicted molar refractivity (Wildman–Crippen MR) is 199 cm³/mol. The van der Waals surface area contributed by atoms with E-state index < -0.39 is 29.7 Å². The van der Waals surface area contributed by atoms with Crippen molar-refractivity contribution in [1.29, 1.82) is 0 Å². The lowest BCUT2D eigenvalue weighted by molar-refractivity contribution is -0.136. The van der Waals surface area contributed by atoms with Crippen molar-refractivity contribution in [1.82, 2.24) is 35.2 Å². The number of benzene rings is 2. The fraction of sp³-hybridized carbons (Fsp3) is 0.513. The third-order valence-corrected chi connectivity index (χ3v) is 11.0. The van der Waals surface area contributed by atoms with Gasteiger partial charge in [0.2, 0.25) is 11.8 Å². The monoisotopic (exact) mass is 740 g/mol. The van der Waals surface area contributed by atoms with Crippen LogP contribution in [0.3, 0.4) is 0 Å². The van der Waals surface area contributed by atoms with Gasteiger partial charge in [-0.05, 0) is 87.5 Å². The second-order valence-corrected chi connectivity index (χ2v) is 14.7. The summed E-state index contributed by atoms with van der Waals surface area (Å²) in [6.07, 6.45) is 10.8. The van der Waals surface area contributed by atoms with Crippen molar-refractivity contribution in [3.8, 4) is 11.4 Å². The van der Waals surface area contributed by atoms with Crippen LogP contribution in [0, 0.1) is 5.92 Å². The molecule has 0 bridgehead atoms. The number of nitrogens with one attached hydrogen (secondary N) is 4. The minimum atomic E-state index is -1.04. The first-order valence-electron chi connectivity index (χ1n) is 19.2. The number of likely N-dealkylation sites (tertiary alicyclic amines) is 1. The van der Waals surface area contributed by atoms with Crippen molar-refractivity contribution in [2.75, 3.05) is 44.6 Å². The van der Waals surface area contributed by atoms with Gasteiger partial charge >= 0.3 is 5.69 Å². The first kappa shape index (κ1) is 37.0. The Morgan fingerprint density at radius 2 is 1.72 bits per heavy atom. The average Bonchev–Trinajstić information content (AvgIpc) is 3.70. The number of hydrogen-bond donors (Lipinski definition) is 4. The lowest BCUT2D eigenvalue weighted by Crippen LogP contribution is -2.54. The molecule has 15 nitrogen and oxygen atoms in total. The number of aromatic amines is 1. The van der Waals surface area contributed by atoms with Crippen molar-refractivity contribution < 1.29 is 28.7 Å². The number of carbonyl (C=O) groups excluding carboxylic acids is 5. The minimum absolute atomic E-state index is 0.0483. The highest BCUT2D eigenvalue weighted by Crippen LogP contribution is 2.33. The van der Waals surface area contributed by atoms with E-state index in [-0.39, 0.29) is 48.1 Å². The molecule has 3 aliphatic heterocycles. The summed E-state index contributed by atoms with van der Waals surface area (Å²) < 4.78 is 7.05. The third kappa shape index (κ3) is 8.40. The molecule has 4 aliphatic rings. The highest BCUT2D eigenvalue weighted by Gasteiger charge is 2.45. The van der Waals surface area contributed by atoms with Gasteiger partial charge in [-0.25, -0.2) is 4.79 Å². The number of rotatable bonds is 14. The van der Waals surface area contributed by atoms with Gasteiger partial charge in [0.15, 0.2) is 6.61 Å². The van der Waals surface area contributed by atoms with Gasteiger partial charge in [0.1, 0.15) is 17.6 Å². The van der Waals surface area contributed by atoms with Crippen LogP contribution < -0.4 is 26.4 Å². The average molecular weight is 741 g/mol. The predicted octanol–water partition coefficient (Wildman–Crippen LogP) is 3.11. The van der Waals surface area contributed by atoms with Gasteiger partial charge in [-0.3, -0.25) is 39.2 Å². The summed E-state index contributed by atoms with van der Waals surface area (Å²) in [7, 11) is 0. The summed E-state index contributed by atoms with van der Waals surface area (Å²) in [4.78, 5) is 82.1. The Labute approximate surface area is 313 Å². The van der Waals surface area contributed by atoms with E-state index in [0.717, 1.165) is 49.1 Å². The van der Waals surface area contributed by atoms with Crippen molar-refractivity contribution in [2.45, 2.75) is 82.6 Å². The second kappa shape index (κ2) is 16.8. The summed E-state index contributed by atoms with van der Waals surface area (Å²) in [5, 5.41) is 12.8. The Balaban J connectivity index is 0.835. The number of carbonyl (C=O) groups is 5. The number of ether oxygens (including phenoxy) is 1. The molecule has 286 valence electrons. The molecule has 5 amide bonds. The normalized spacial score (nSPS) is 20.9. The Hall–Kier alpha value is -5.31. The molecule has 4 heterocycles. The molecular formula is C39H48N8O7. The largest absolute Gasteiger partial charge is 0.484 e. The first-order valence-corrected chi connectivity index (χ1v) is 19.2. The molecular weight excluding hydrogens is 692 g/mol. The number of fused-ring (bicyclic) bond motifs is 1. The van der Waals surface area contributed by atoms with Crippen molar-refractivity contribution in [3.63, 3.8) is 0 Å². The van der Waals surface area contributed by atoms with E-state index in [2.05, 4.69) is 30.9 Å². The van der Waals surface area contributed by atoms with Crippen molar-refractivity contribution in [3.05, 3.63) is 69.9 Å². The molecule has 4 N–H and O–H groups in total. The quantitative estimate of drug-likeness (QED) is 0.141.